The molecule has 0 aromatic heterocycles. The fourth-order valence-electron chi connectivity index (χ4n) is 2.91. The van der Waals surface area contributed by atoms with Crippen LogP contribution in [0, 0.1) is 0 Å². The average Bonchev–Trinajstić information content (AvgIpc) is 2.59. The maximum absolute atomic E-state index is 5.77. The van der Waals surface area contributed by atoms with Crippen molar-refractivity contribution in [3.63, 3.8) is 0 Å². The van der Waals surface area contributed by atoms with Gasteiger partial charge in [0.1, 0.15) is 0 Å². The van der Waals surface area contributed by atoms with Gasteiger partial charge in [-0.25, -0.2) is 0 Å². The fourth-order valence-corrected chi connectivity index (χ4v) is 2.91. The summed E-state index contributed by atoms with van der Waals surface area (Å²) in [5, 5.41) is 3.40. The molecule has 16 heavy (non-hydrogen) atoms. The second-order valence-corrected chi connectivity index (χ2v) is 5.28. The molecule has 3 heteroatoms. The van der Waals surface area contributed by atoms with E-state index < -0.39 is 0 Å². The lowest BCUT2D eigenvalue weighted by atomic mass is 10.1. The molecule has 0 aromatic carbocycles. The summed E-state index contributed by atoms with van der Waals surface area (Å²) in [6, 6.07) is 0.799. The predicted octanol–water partition coefficient (Wildman–Crippen LogP) is 1.63. The number of hydrogen-bond donors (Lipinski definition) is 1. The van der Waals surface area contributed by atoms with E-state index in [4.69, 9.17) is 4.74 Å². The van der Waals surface area contributed by atoms with Crippen molar-refractivity contribution >= 4 is 0 Å². The van der Waals surface area contributed by atoms with Crippen LogP contribution >= 0.6 is 0 Å². The first-order valence-corrected chi connectivity index (χ1v) is 6.89. The Bertz CT molecular complexity index is 184. The van der Waals surface area contributed by atoms with Crippen LogP contribution in [0.1, 0.15) is 38.5 Å². The van der Waals surface area contributed by atoms with Gasteiger partial charge in [0.25, 0.3) is 0 Å². The van der Waals surface area contributed by atoms with E-state index >= 15 is 0 Å². The van der Waals surface area contributed by atoms with Gasteiger partial charge in [0, 0.05) is 25.7 Å². The van der Waals surface area contributed by atoms with Gasteiger partial charge in [0.15, 0.2) is 0 Å². The van der Waals surface area contributed by atoms with E-state index in [1.54, 1.807) is 0 Å². The van der Waals surface area contributed by atoms with Gasteiger partial charge in [-0.3, -0.25) is 0 Å². The summed E-state index contributed by atoms with van der Waals surface area (Å²) >= 11 is 0. The van der Waals surface area contributed by atoms with Crippen molar-refractivity contribution in [2.24, 2.45) is 0 Å². The lowest BCUT2D eigenvalue weighted by molar-refractivity contribution is 0.00163. The number of ether oxygens (including phenoxy) is 1. The fraction of sp³-hybridized carbons (Fsp3) is 1.00. The van der Waals surface area contributed by atoms with E-state index in [-0.39, 0.29) is 0 Å². The van der Waals surface area contributed by atoms with Crippen LogP contribution < -0.4 is 5.32 Å². The van der Waals surface area contributed by atoms with E-state index in [2.05, 4.69) is 17.3 Å². The Morgan fingerprint density at radius 1 is 1.19 bits per heavy atom. The molecule has 2 fully saturated rings. The van der Waals surface area contributed by atoms with Crippen molar-refractivity contribution in [3.8, 4) is 0 Å². The molecule has 1 heterocycles. The van der Waals surface area contributed by atoms with Crippen molar-refractivity contribution in [1.82, 2.24) is 10.2 Å². The summed E-state index contributed by atoms with van der Waals surface area (Å²) in [5.41, 5.74) is 0. The molecule has 1 atom stereocenters. The molecule has 0 bridgehead atoms. The Hall–Kier alpha value is -0.120. The average molecular weight is 226 g/mol. The molecule has 1 aliphatic heterocycles. The summed E-state index contributed by atoms with van der Waals surface area (Å²) in [5.74, 6) is 0. The van der Waals surface area contributed by atoms with Gasteiger partial charge in [-0.05, 0) is 19.9 Å². The maximum Gasteiger partial charge on any atom is 0.0826 e. The Morgan fingerprint density at radius 3 is 2.56 bits per heavy atom. The minimum atomic E-state index is 0.405. The molecular weight excluding hydrogens is 200 g/mol. The third kappa shape index (κ3) is 3.72. The zero-order valence-corrected chi connectivity index (χ0v) is 10.6. The van der Waals surface area contributed by atoms with E-state index in [9.17, 15) is 0 Å². The highest BCUT2D eigenvalue weighted by Crippen LogP contribution is 2.21. The van der Waals surface area contributed by atoms with Gasteiger partial charge in [-0.2, -0.15) is 0 Å². The normalized spacial score (nSPS) is 29.2. The van der Waals surface area contributed by atoms with Gasteiger partial charge >= 0.3 is 0 Å². The van der Waals surface area contributed by atoms with E-state index in [0.29, 0.717) is 6.10 Å². The molecule has 3 nitrogen and oxygen atoms in total. The second kappa shape index (κ2) is 6.58. The molecule has 2 rings (SSSR count). The number of rotatable bonds is 3. The first-order chi connectivity index (χ1) is 7.86. The molecule has 1 N–H and O–H groups in total. The summed E-state index contributed by atoms with van der Waals surface area (Å²) in [4.78, 5) is 2.53. The predicted molar refractivity (Wildman–Crippen MR) is 66.7 cm³/mol. The highest BCUT2D eigenvalue weighted by molar-refractivity contribution is 4.77. The molecule has 1 unspecified atom stereocenters. The van der Waals surface area contributed by atoms with Crippen LogP contribution in [0.2, 0.25) is 0 Å². The lowest BCUT2D eigenvalue weighted by Gasteiger charge is -2.32. The molecule has 94 valence electrons. The number of nitrogens with zero attached hydrogens (tertiary/aromatic N) is 1. The number of morpholine rings is 1. The van der Waals surface area contributed by atoms with Crippen LogP contribution in [0.4, 0.5) is 0 Å². The first-order valence-electron chi connectivity index (χ1n) is 6.89. The topological polar surface area (TPSA) is 24.5 Å². The summed E-state index contributed by atoms with van der Waals surface area (Å²) in [6.45, 7) is 4.02. The minimum absolute atomic E-state index is 0.405. The maximum atomic E-state index is 5.77. The third-order valence-electron chi connectivity index (χ3n) is 3.94. The number of nitrogens with one attached hydrogen (secondary N) is 1. The van der Waals surface area contributed by atoms with Gasteiger partial charge in [-0.15, -0.1) is 0 Å². The van der Waals surface area contributed by atoms with Crippen molar-refractivity contribution in [2.45, 2.75) is 50.7 Å². The molecule has 0 aromatic rings. The highest BCUT2D eigenvalue weighted by Gasteiger charge is 2.21. The molecule has 1 aliphatic carbocycles. The van der Waals surface area contributed by atoms with Crippen molar-refractivity contribution in [1.29, 1.82) is 0 Å². The lowest BCUT2D eigenvalue weighted by Crippen LogP contribution is -2.46. The number of likely N-dealkylation sites (N-methyl/N-ethyl adjacent to an activating group) is 1. The highest BCUT2D eigenvalue weighted by atomic mass is 16.5. The van der Waals surface area contributed by atoms with Crippen molar-refractivity contribution in [2.75, 3.05) is 33.3 Å². The smallest absolute Gasteiger partial charge is 0.0826 e. The number of hydrogen-bond acceptors (Lipinski definition) is 3. The SMILES string of the molecule is CN(CC1CNCCO1)C1CCCCCC1. The Labute approximate surface area is 99.5 Å². The van der Waals surface area contributed by atoms with Crippen molar-refractivity contribution in [3.05, 3.63) is 0 Å². The summed E-state index contributed by atoms with van der Waals surface area (Å²) < 4.78 is 5.77. The van der Waals surface area contributed by atoms with Crippen LogP contribution in [-0.4, -0.2) is 50.3 Å². The third-order valence-corrected chi connectivity index (χ3v) is 3.94. The van der Waals surface area contributed by atoms with Gasteiger partial charge in [0.2, 0.25) is 0 Å². The van der Waals surface area contributed by atoms with Crippen LogP contribution in [0.25, 0.3) is 0 Å². The summed E-state index contributed by atoms with van der Waals surface area (Å²) in [6.07, 6.45) is 8.88. The van der Waals surface area contributed by atoms with Crippen LogP contribution in [-0.2, 0) is 4.74 Å². The standard InChI is InChI=1S/C13H26N2O/c1-15(11-13-10-14-8-9-16-13)12-6-4-2-3-5-7-12/h12-14H,2-11H2,1H3. The zero-order chi connectivity index (χ0) is 11.2. The molecule has 1 saturated heterocycles. The van der Waals surface area contributed by atoms with Crippen LogP contribution in [0.5, 0.6) is 0 Å². The summed E-state index contributed by atoms with van der Waals surface area (Å²) in [7, 11) is 2.27. The molecule has 0 radical (unpaired) electrons. The largest absolute Gasteiger partial charge is 0.374 e. The first kappa shape index (κ1) is 12.3. The van der Waals surface area contributed by atoms with Crippen LogP contribution in [0.3, 0.4) is 0 Å². The van der Waals surface area contributed by atoms with Crippen LogP contribution in [0.15, 0.2) is 0 Å². The van der Waals surface area contributed by atoms with E-state index in [1.165, 1.54) is 38.5 Å². The Morgan fingerprint density at radius 2 is 1.94 bits per heavy atom. The zero-order valence-electron chi connectivity index (χ0n) is 10.6. The molecular formula is C13H26N2O. The molecule has 2 aliphatic rings. The van der Waals surface area contributed by atoms with Gasteiger partial charge in [0.05, 0.1) is 12.7 Å². The molecule has 0 spiro atoms. The van der Waals surface area contributed by atoms with Gasteiger partial charge < -0.3 is 15.0 Å². The van der Waals surface area contributed by atoms with E-state index in [1.807, 2.05) is 0 Å². The minimum Gasteiger partial charge on any atom is -0.374 e. The van der Waals surface area contributed by atoms with E-state index in [0.717, 1.165) is 32.3 Å². The van der Waals surface area contributed by atoms with Gasteiger partial charge in [-0.1, -0.05) is 25.7 Å². The second-order valence-electron chi connectivity index (χ2n) is 5.28. The molecule has 1 saturated carbocycles. The molecule has 0 amide bonds. The quantitative estimate of drug-likeness (QED) is 0.740. The Balaban J connectivity index is 1.74. The Kier molecular flexibility index (Phi) is 5.07. The monoisotopic (exact) mass is 226 g/mol. The van der Waals surface area contributed by atoms with Crippen molar-refractivity contribution < 1.29 is 4.74 Å².